The number of thiazole rings is 1. The van der Waals surface area contributed by atoms with E-state index in [2.05, 4.69) is 4.98 Å². The fraction of sp³-hybridized carbons (Fsp3) is 0.286. The molecule has 88 valence electrons. The van der Waals surface area contributed by atoms with Crippen molar-refractivity contribution in [3.05, 3.63) is 52.0 Å². The number of nitrogens with zero attached hydrogens (tertiary/aromatic N) is 1. The van der Waals surface area contributed by atoms with Crippen molar-refractivity contribution in [3.63, 3.8) is 0 Å². The topological polar surface area (TPSA) is 30.0 Å². The maximum Gasteiger partial charge on any atom is 0.146 e. The molecule has 1 heterocycles. The second kappa shape index (κ2) is 5.23. The van der Waals surface area contributed by atoms with Gasteiger partial charge in [0, 0.05) is 11.3 Å². The summed E-state index contributed by atoms with van der Waals surface area (Å²) in [7, 11) is 0. The number of rotatable bonds is 4. The van der Waals surface area contributed by atoms with Crippen molar-refractivity contribution in [1.29, 1.82) is 0 Å². The van der Waals surface area contributed by atoms with Crippen LogP contribution in [0.25, 0.3) is 0 Å². The molecule has 0 radical (unpaired) electrons. The molecule has 1 atom stereocenters. The van der Waals surface area contributed by atoms with Crippen molar-refractivity contribution in [3.8, 4) is 0 Å². The van der Waals surface area contributed by atoms with Gasteiger partial charge in [0.15, 0.2) is 0 Å². The molecule has 0 aliphatic heterocycles. The molecule has 3 heteroatoms. The Bertz CT molecular complexity index is 504. The van der Waals surface area contributed by atoms with Gasteiger partial charge in [-0.1, -0.05) is 37.3 Å². The van der Waals surface area contributed by atoms with Crippen molar-refractivity contribution in [2.45, 2.75) is 26.2 Å². The van der Waals surface area contributed by atoms with Crippen molar-refractivity contribution in [1.82, 2.24) is 4.98 Å². The van der Waals surface area contributed by atoms with Gasteiger partial charge in [0.1, 0.15) is 5.78 Å². The van der Waals surface area contributed by atoms with E-state index in [0.29, 0.717) is 6.42 Å². The summed E-state index contributed by atoms with van der Waals surface area (Å²) in [6.07, 6.45) is 0.431. The van der Waals surface area contributed by atoms with Crippen LogP contribution in [0.5, 0.6) is 0 Å². The largest absolute Gasteiger partial charge is 0.299 e. The molecule has 1 aromatic carbocycles. The molecule has 2 rings (SSSR count). The first-order valence-electron chi connectivity index (χ1n) is 5.65. The molecule has 0 N–H and O–H groups in total. The lowest BCUT2D eigenvalue weighted by Crippen LogP contribution is -2.12. The van der Waals surface area contributed by atoms with Crippen LogP contribution in [0.1, 0.15) is 29.1 Å². The third-order valence-corrected chi connectivity index (χ3v) is 3.63. The summed E-state index contributed by atoms with van der Waals surface area (Å²) >= 11 is 1.59. The van der Waals surface area contributed by atoms with Crippen LogP contribution in [-0.4, -0.2) is 10.8 Å². The molecule has 17 heavy (non-hydrogen) atoms. The van der Waals surface area contributed by atoms with E-state index in [1.54, 1.807) is 11.3 Å². The number of carbonyl (C=O) groups is 1. The average molecular weight is 245 g/mol. The normalized spacial score (nSPS) is 12.4. The molecule has 0 fully saturated rings. The van der Waals surface area contributed by atoms with Crippen LogP contribution in [-0.2, 0) is 11.2 Å². The smallest absolute Gasteiger partial charge is 0.146 e. The quantitative estimate of drug-likeness (QED) is 0.826. The Hall–Kier alpha value is -1.48. The van der Waals surface area contributed by atoms with Crippen LogP contribution < -0.4 is 0 Å². The number of Topliss-reactive ketones (excluding diaryl/α,β-unsaturated/α-hetero) is 1. The van der Waals surface area contributed by atoms with E-state index in [9.17, 15) is 4.79 Å². The van der Waals surface area contributed by atoms with Gasteiger partial charge in [-0.3, -0.25) is 4.79 Å². The highest BCUT2D eigenvalue weighted by molar-refractivity contribution is 7.09. The minimum Gasteiger partial charge on any atom is -0.299 e. The van der Waals surface area contributed by atoms with Gasteiger partial charge in [-0.2, -0.15) is 0 Å². The lowest BCUT2D eigenvalue weighted by molar-refractivity contribution is -0.119. The van der Waals surface area contributed by atoms with E-state index < -0.39 is 0 Å². The Morgan fingerprint density at radius 2 is 2.06 bits per heavy atom. The summed E-state index contributed by atoms with van der Waals surface area (Å²) in [6.45, 7) is 3.91. The molecule has 2 aromatic rings. The zero-order valence-electron chi connectivity index (χ0n) is 10.0. The zero-order valence-corrected chi connectivity index (χ0v) is 10.8. The van der Waals surface area contributed by atoms with Gasteiger partial charge in [-0.25, -0.2) is 4.98 Å². The fourth-order valence-corrected chi connectivity index (χ4v) is 2.36. The number of benzene rings is 1. The van der Waals surface area contributed by atoms with Crippen LogP contribution >= 0.6 is 11.3 Å². The molecule has 0 aliphatic rings. The number of carbonyl (C=O) groups excluding carboxylic acids is 1. The summed E-state index contributed by atoms with van der Waals surface area (Å²) < 4.78 is 0. The molecule has 0 aliphatic carbocycles. The highest BCUT2D eigenvalue weighted by Gasteiger charge is 2.16. The number of ketones is 1. The van der Waals surface area contributed by atoms with Crippen LogP contribution in [0.4, 0.5) is 0 Å². The molecule has 2 nitrogen and oxygen atoms in total. The van der Waals surface area contributed by atoms with Gasteiger partial charge in [-0.15, -0.1) is 11.3 Å². The minimum atomic E-state index is -0.0572. The molecule has 0 bridgehead atoms. The first-order valence-corrected chi connectivity index (χ1v) is 6.53. The molecule has 0 spiro atoms. The van der Waals surface area contributed by atoms with Crippen LogP contribution in [0.3, 0.4) is 0 Å². The Balaban J connectivity index is 2.06. The molecular weight excluding hydrogens is 230 g/mol. The molecule has 0 amide bonds. The first kappa shape index (κ1) is 12.0. The maximum atomic E-state index is 12.1. The second-order valence-electron chi connectivity index (χ2n) is 4.13. The maximum absolute atomic E-state index is 12.1. The minimum absolute atomic E-state index is 0.0572. The summed E-state index contributed by atoms with van der Waals surface area (Å²) in [4.78, 5) is 16.4. The summed E-state index contributed by atoms with van der Waals surface area (Å²) in [5.74, 6) is 0.166. The molecule has 0 saturated carbocycles. The highest BCUT2D eigenvalue weighted by atomic mass is 32.1. The third kappa shape index (κ3) is 3.01. The van der Waals surface area contributed by atoms with E-state index in [1.807, 2.05) is 49.6 Å². The van der Waals surface area contributed by atoms with Crippen molar-refractivity contribution >= 4 is 17.1 Å². The highest BCUT2D eigenvalue weighted by Crippen LogP contribution is 2.18. The van der Waals surface area contributed by atoms with Crippen molar-refractivity contribution < 1.29 is 4.79 Å². The van der Waals surface area contributed by atoms with Gasteiger partial charge in [0.05, 0.1) is 17.1 Å². The predicted molar refractivity (Wildman–Crippen MR) is 70.4 cm³/mol. The monoisotopic (exact) mass is 245 g/mol. The van der Waals surface area contributed by atoms with Gasteiger partial charge >= 0.3 is 0 Å². The van der Waals surface area contributed by atoms with Gasteiger partial charge in [0.25, 0.3) is 0 Å². The van der Waals surface area contributed by atoms with Crippen LogP contribution in [0.2, 0.25) is 0 Å². The van der Waals surface area contributed by atoms with E-state index in [4.69, 9.17) is 0 Å². The Morgan fingerprint density at radius 1 is 1.35 bits per heavy atom. The average Bonchev–Trinajstić information content (AvgIpc) is 2.75. The standard InChI is InChI=1S/C14H15NOS/c1-10(12-6-4-3-5-7-12)14(16)8-13-9-17-11(2)15-13/h3-7,9-10H,8H2,1-2H3. The summed E-state index contributed by atoms with van der Waals surface area (Å²) in [6, 6.07) is 9.88. The lowest BCUT2D eigenvalue weighted by Gasteiger charge is -2.09. The summed E-state index contributed by atoms with van der Waals surface area (Å²) in [5, 5.41) is 2.98. The molecular formula is C14H15NOS. The van der Waals surface area contributed by atoms with E-state index in [0.717, 1.165) is 16.3 Å². The van der Waals surface area contributed by atoms with E-state index >= 15 is 0 Å². The number of hydrogen-bond donors (Lipinski definition) is 0. The molecule has 0 saturated heterocycles. The van der Waals surface area contributed by atoms with Crippen molar-refractivity contribution in [2.75, 3.05) is 0 Å². The zero-order chi connectivity index (χ0) is 12.3. The molecule has 1 aromatic heterocycles. The van der Waals surface area contributed by atoms with Crippen LogP contribution in [0.15, 0.2) is 35.7 Å². The van der Waals surface area contributed by atoms with Crippen LogP contribution in [0, 0.1) is 6.92 Å². The van der Waals surface area contributed by atoms with E-state index in [1.165, 1.54) is 0 Å². The Kier molecular flexibility index (Phi) is 3.69. The second-order valence-corrected chi connectivity index (χ2v) is 5.20. The van der Waals surface area contributed by atoms with E-state index in [-0.39, 0.29) is 11.7 Å². The predicted octanol–water partition coefficient (Wildman–Crippen LogP) is 3.37. The van der Waals surface area contributed by atoms with Crippen molar-refractivity contribution in [2.24, 2.45) is 0 Å². The van der Waals surface area contributed by atoms with Gasteiger partial charge in [0.2, 0.25) is 0 Å². The number of aryl methyl sites for hydroxylation is 1. The number of aromatic nitrogens is 1. The number of hydrogen-bond acceptors (Lipinski definition) is 3. The Labute approximate surface area is 105 Å². The SMILES string of the molecule is Cc1nc(CC(=O)C(C)c2ccccc2)cs1. The fourth-order valence-electron chi connectivity index (χ4n) is 1.75. The van der Waals surface area contributed by atoms with Gasteiger partial charge < -0.3 is 0 Å². The Morgan fingerprint density at radius 3 is 2.65 bits per heavy atom. The first-order chi connectivity index (χ1) is 8.16. The third-order valence-electron chi connectivity index (χ3n) is 2.80. The summed E-state index contributed by atoms with van der Waals surface area (Å²) in [5.41, 5.74) is 1.96. The lowest BCUT2D eigenvalue weighted by atomic mass is 9.94. The molecule has 1 unspecified atom stereocenters. The van der Waals surface area contributed by atoms with Gasteiger partial charge in [-0.05, 0) is 12.5 Å².